The highest BCUT2D eigenvalue weighted by molar-refractivity contribution is 6.30. The fourth-order valence-corrected chi connectivity index (χ4v) is 4.70. The molecule has 0 saturated carbocycles. The Bertz CT molecular complexity index is 960. The van der Waals surface area contributed by atoms with Crippen molar-refractivity contribution in [3.8, 4) is 0 Å². The van der Waals surface area contributed by atoms with Crippen molar-refractivity contribution >= 4 is 23.1 Å². The van der Waals surface area contributed by atoms with Crippen LogP contribution in [0.4, 0.5) is 18.9 Å². The smallest absolute Gasteiger partial charge is 0.338 e. The number of ketones is 1. The third-order valence-corrected chi connectivity index (χ3v) is 6.09. The first-order valence-electron chi connectivity index (χ1n) is 9.46. The van der Waals surface area contributed by atoms with Crippen molar-refractivity contribution in [2.45, 2.75) is 57.2 Å². The second-order valence-corrected chi connectivity index (χ2v) is 8.42. The second-order valence-electron chi connectivity index (χ2n) is 7.99. The number of hydrogen-bond donors (Lipinski definition) is 0. The van der Waals surface area contributed by atoms with Gasteiger partial charge in [-0.1, -0.05) is 41.4 Å². The van der Waals surface area contributed by atoms with Gasteiger partial charge in [0, 0.05) is 22.8 Å². The standard InChI is InChI=1S/C22H21ClF3NO2/c1-14-3-5-16(6-4-14)13-27-19-8-7-17(23)11-18(19)21(22(24,25)26)10-9-20(27,29-21)12-15(2)28/h3-8,11H,9-10,12-13H2,1-2H3/t20-,21-/m0/s1. The first-order valence-corrected chi connectivity index (χ1v) is 9.84. The molecule has 4 rings (SSSR count). The fraction of sp³-hybridized carbons (Fsp3) is 0.409. The van der Waals surface area contributed by atoms with Crippen LogP contribution in [0.15, 0.2) is 42.5 Å². The van der Waals surface area contributed by atoms with Gasteiger partial charge in [0.25, 0.3) is 0 Å². The first-order chi connectivity index (χ1) is 13.6. The number of carbonyl (C=O) groups excluding carboxylic acids is 1. The largest absolute Gasteiger partial charge is 0.421 e. The second kappa shape index (κ2) is 6.74. The van der Waals surface area contributed by atoms with Crippen LogP contribution in [-0.4, -0.2) is 17.7 Å². The molecule has 2 aromatic carbocycles. The number of nitrogens with zero attached hydrogens (tertiary/aromatic N) is 1. The number of aryl methyl sites for hydroxylation is 1. The number of ether oxygens (including phenoxy) is 1. The summed E-state index contributed by atoms with van der Waals surface area (Å²) in [7, 11) is 0. The van der Waals surface area contributed by atoms with Gasteiger partial charge >= 0.3 is 6.18 Å². The molecule has 0 spiro atoms. The molecule has 0 N–H and O–H groups in total. The number of hydrogen-bond acceptors (Lipinski definition) is 3. The molecule has 154 valence electrons. The summed E-state index contributed by atoms with van der Waals surface area (Å²) in [6.07, 6.45) is -4.88. The van der Waals surface area contributed by atoms with E-state index < -0.39 is 17.5 Å². The van der Waals surface area contributed by atoms with Crippen LogP contribution >= 0.6 is 11.6 Å². The number of anilines is 1. The topological polar surface area (TPSA) is 29.5 Å². The van der Waals surface area contributed by atoms with E-state index in [1.165, 1.54) is 13.0 Å². The molecule has 0 unspecified atom stereocenters. The van der Waals surface area contributed by atoms with E-state index in [9.17, 15) is 18.0 Å². The first kappa shape index (κ1) is 20.2. The van der Waals surface area contributed by atoms with Gasteiger partial charge < -0.3 is 9.64 Å². The molecule has 1 saturated heterocycles. The molecule has 2 bridgehead atoms. The van der Waals surface area contributed by atoms with E-state index in [1.54, 1.807) is 12.1 Å². The molecule has 3 nitrogen and oxygen atoms in total. The van der Waals surface area contributed by atoms with Crippen molar-refractivity contribution < 1.29 is 22.7 Å². The summed E-state index contributed by atoms with van der Waals surface area (Å²) in [6, 6.07) is 12.3. The van der Waals surface area contributed by atoms with Gasteiger partial charge in [-0.25, -0.2) is 0 Å². The van der Waals surface area contributed by atoms with E-state index in [-0.39, 0.29) is 35.6 Å². The zero-order valence-corrected chi connectivity index (χ0v) is 16.9. The monoisotopic (exact) mass is 423 g/mol. The van der Waals surface area contributed by atoms with E-state index in [0.717, 1.165) is 11.1 Å². The van der Waals surface area contributed by atoms with Crippen molar-refractivity contribution in [1.29, 1.82) is 0 Å². The maximum absolute atomic E-state index is 14.3. The molecule has 0 amide bonds. The van der Waals surface area contributed by atoms with Gasteiger partial charge in [-0.15, -0.1) is 0 Å². The van der Waals surface area contributed by atoms with Crippen LogP contribution in [0, 0.1) is 6.92 Å². The lowest BCUT2D eigenvalue weighted by molar-refractivity contribution is -0.296. The van der Waals surface area contributed by atoms with E-state index in [0.29, 0.717) is 12.2 Å². The van der Waals surface area contributed by atoms with Gasteiger partial charge in [0.15, 0.2) is 5.60 Å². The predicted molar refractivity (Wildman–Crippen MR) is 105 cm³/mol. The maximum atomic E-state index is 14.3. The normalized spacial score (nSPS) is 25.8. The molecular weight excluding hydrogens is 403 g/mol. The minimum Gasteiger partial charge on any atom is -0.338 e. The Hall–Kier alpha value is -2.05. The Labute approximate surface area is 172 Å². The summed E-state index contributed by atoms with van der Waals surface area (Å²) in [5, 5.41) is 0.220. The van der Waals surface area contributed by atoms with Crippen molar-refractivity contribution in [2.75, 3.05) is 4.90 Å². The lowest BCUT2D eigenvalue weighted by atomic mass is 9.89. The zero-order chi connectivity index (χ0) is 21.0. The van der Waals surface area contributed by atoms with E-state index in [4.69, 9.17) is 16.3 Å². The fourth-order valence-electron chi connectivity index (χ4n) is 4.53. The highest BCUT2D eigenvalue weighted by Gasteiger charge is 2.69. The van der Waals surface area contributed by atoms with Crippen molar-refractivity contribution in [3.05, 3.63) is 64.2 Å². The number of carbonyl (C=O) groups is 1. The maximum Gasteiger partial charge on any atom is 0.421 e. The number of benzene rings is 2. The molecule has 0 aromatic heterocycles. The predicted octanol–water partition coefficient (Wildman–Crippen LogP) is 5.91. The van der Waals surface area contributed by atoms with Crippen molar-refractivity contribution in [3.63, 3.8) is 0 Å². The van der Waals surface area contributed by atoms with Gasteiger partial charge in [-0.2, -0.15) is 13.2 Å². The van der Waals surface area contributed by atoms with E-state index >= 15 is 0 Å². The Morgan fingerprint density at radius 3 is 2.48 bits per heavy atom. The molecule has 2 aliphatic rings. The van der Waals surface area contributed by atoms with Gasteiger partial charge in [0.2, 0.25) is 0 Å². The number of halogens is 4. The molecule has 29 heavy (non-hydrogen) atoms. The Morgan fingerprint density at radius 1 is 1.17 bits per heavy atom. The van der Waals surface area contributed by atoms with Gasteiger partial charge in [0.1, 0.15) is 11.5 Å². The molecule has 2 atom stereocenters. The number of Topliss-reactive ketones (excluding diaryl/α,β-unsaturated/α-hetero) is 1. The van der Waals surface area contributed by atoms with Crippen LogP contribution in [0.3, 0.4) is 0 Å². The summed E-state index contributed by atoms with van der Waals surface area (Å²) in [5.74, 6) is -0.214. The SMILES string of the molecule is CC(=O)C[C@]12CC[C@](C(F)(F)F)(O1)c1cc(Cl)ccc1N2Cc1ccc(C)cc1. The minimum absolute atomic E-state index is 0.0151. The molecule has 1 fully saturated rings. The van der Waals surface area contributed by atoms with Gasteiger partial charge in [0.05, 0.1) is 6.42 Å². The van der Waals surface area contributed by atoms with Crippen LogP contribution < -0.4 is 4.90 Å². The summed E-state index contributed by atoms with van der Waals surface area (Å²) in [4.78, 5) is 13.9. The highest BCUT2D eigenvalue weighted by atomic mass is 35.5. The van der Waals surface area contributed by atoms with Crippen LogP contribution in [-0.2, 0) is 21.7 Å². The van der Waals surface area contributed by atoms with E-state index in [1.807, 2.05) is 36.1 Å². The summed E-state index contributed by atoms with van der Waals surface area (Å²) in [6.45, 7) is 3.68. The number of rotatable bonds is 4. The van der Waals surface area contributed by atoms with Crippen LogP contribution in [0.2, 0.25) is 5.02 Å². The van der Waals surface area contributed by atoms with Crippen LogP contribution in [0.5, 0.6) is 0 Å². The van der Waals surface area contributed by atoms with Crippen molar-refractivity contribution in [2.24, 2.45) is 0 Å². The quantitative estimate of drug-likeness (QED) is 0.612. The zero-order valence-electron chi connectivity index (χ0n) is 16.1. The van der Waals surface area contributed by atoms with Gasteiger partial charge in [-0.3, -0.25) is 4.79 Å². The number of alkyl halides is 3. The summed E-state index contributed by atoms with van der Waals surface area (Å²) >= 11 is 6.07. The summed E-state index contributed by atoms with van der Waals surface area (Å²) < 4.78 is 48.7. The third-order valence-electron chi connectivity index (χ3n) is 5.85. The average molecular weight is 424 g/mol. The molecule has 7 heteroatoms. The van der Waals surface area contributed by atoms with Crippen LogP contribution in [0.1, 0.15) is 42.9 Å². The molecule has 2 aromatic rings. The lowest BCUT2D eigenvalue weighted by Crippen LogP contribution is -2.57. The highest BCUT2D eigenvalue weighted by Crippen LogP contribution is 2.62. The van der Waals surface area contributed by atoms with Crippen LogP contribution in [0.25, 0.3) is 0 Å². The van der Waals surface area contributed by atoms with Gasteiger partial charge in [-0.05, 0) is 50.5 Å². The Balaban J connectivity index is 1.90. The molecule has 2 aliphatic heterocycles. The average Bonchev–Trinajstić information content (AvgIpc) is 2.98. The third kappa shape index (κ3) is 3.22. The summed E-state index contributed by atoms with van der Waals surface area (Å²) in [5.41, 5.74) is -1.35. The minimum atomic E-state index is -4.62. The van der Waals surface area contributed by atoms with Crippen molar-refractivity contribution in [1.82, 2.24) is 0 Å². The molecule has 2 heterocycles. The van der Waals surface area contributed by atoms with E-state index in [2.05, 4.69) is 0 Å². The molecule has 0 radical (unpaired) electrons. The molecule has 0 aliphatic carbocycles. The molecular formula is C22H21ClF3NO2. The Morgan fingerprint density at radius 2 is 1.86 bits per heavy atom. The Kier molecular flexibility index (Phi) is 4.70. The lowest BCUT2D eigenvalue weighted by Gasteiger charge is -2.50. The number of fused-ring (bicyclic) bond motifs is 4.